The molecule has 0 saturated carbocycles. The van der Waals surface area contributed by atoms with Crippen molar-refractivity contribution in [3.05, 3.63) is 24.3 Å². The number of nitrogens with zero attached hydrogens (tertiary/aromatic N) is 1. The second kappa shape index (κ2) is 3.65. The lowest BCUT2D eigenvalue weighted by Gasteiger charge is -2.16. The molecule has 6 heteroatoms. The molecule has 0 aliphatic heterocycles. The molecule has 1 aromatic carbocycles. The Balaban J connectivity index is 3.06. The van der Waals surface area contributed by atoms with Gasteiger partial charge in [0.25, 0.3) is 0 Å². The fraction of sp³-hybridized carbons (Fsp3) is 0. The largest absolute Gasteiger partial charge is 0.464 e. The Labute approximate surface area is 80.2 Å². The smallest absolute Gasteiger partial charge is 0.418 e. The summed E-state index contributed by atoms with van der Waals surface area (Å²) in [5.74, 6) is -0.553. The van der Waals surface area contributed by atoms with Crippen LogP contribution in [0.3, 0.4) is 0 Å². The third-order valence-electron chi connectivity index (χ3n) is 1.58. The van der Waals surface area contributed by atoms with E-state index in [1.165, 1.54) is 24.3 Å². The Morgan fingerprint density at radius 1 is 1.36 bits per heavy atom. The van der Waals surface area contributed by atoms with Crippen molar-refractivity contribution in [3.8, 4) is 0 Å². The van der Waals surface area contributed by atoms with Crippen LogP contribution in [0.15, 0.2) is 24.3 Å². The van der Waals surface area contributed by atoms with E-state index in [4.69, 9.17) is 22.0 Å². The molecule has 0 heterocycles. The number of carbonyl (C=O) groups is 1. The fourth-order valence-electron chi connectivity index (χ4n) is 0.976. The molecule has 0 fully saturated rings. The van der Waals surface area contributed by atoms with Crippen molar-refractivity contribution in [2.24, 2.45) is 5.73 Å². The summed E-state index contributed by atoms with van der Waals surface area (Å²) in [6.07, 6.45) is -1.30. The summed E-state index contributed by atoms with van der Waals surface area (Å²) in [5, 5.41) is 15.8. The first-order valence-electron chi connectivity index (χ1n) is 3.75. The van der Waals surface area contributed by atoms with Crippen molar-refractivity contribution in [2.75, 3.05) is 10.6 Å². The zero-order chi connectivity index (χ0) is 10.7. The lowest BCUT2D eigenvalue weighted by Crippen LogP contribution is -2.40. The van der Waals surface area contributed by atoms with Crippen LogP contribution in [0.4, 0.5) is 16.2 Å². The molecule has 0 radical (unpaired) electrons. The van der Waals surface area contributed by atoms with Crippen LogP contribution in [0.2, 0.25) is 0 Å². The first kappa shape index (κ1) is 9.85. The molecule has 1 amide bonds. The maximum Gasteiger partial charge on any atom is 0.418 e. The average Bonchev–Trinajstić information content (AvgIpc) is 2.07. The standard InChI is InChI=1S/C8H10N4O2/c9-5-1-3-6(4-2-5)12(7(10)11)8(13)14/h1-4H,9H2,(H3,10,11)(H,13,14). The van der Waals surface area contributed by atoms with Crippen molar-refractivity contribution in [2.45, 2.75) is 0 Å². The molecule has 0 spiro atoms. The Morgan fingerprint density at radius 3 is 2.21 bits per heavy atom. The summed E-state index contributed by atoms with van der Waals surface area (Å²) in [6.45, 7) is 0. The van der Waals surface area contributed by atoms with Gasteiger partial charge in [-0.3, -0.25) is 5.41 Å². The highest BCUT2D eigenvalue weighted by Gasteiger charge is 2.16. The topological polar surface area (TPSA) is 116 Å². The van der Waals surface area contributed by atoms with E-state index in [-0.39, 0.29) is 0 Å². The Hall–Kier alpha value is -2.24. The highest BCUT2D eigenvalue weighted by atomic mass is 16.4. The highest BCUT2D eigenvalue weighted by molar-refractivity contribution is 6.11. The van der Waals surface area contributed by atoms with Gasteiger partial charge >= 0.3 is 6.09 Å². The Bertz CT molecular complexity index is 346. The minimum atomic E-state index is -1.30. The normalized spacial score (nSPS) is 9.43. The van der Waals surface area contributed by atoms with E-state index in [0.29, 0.717) is 16.3 Å². The van der Waals surface area contributed by atoms with Crippen molar-refractivity contribution < 1.29 is 9.90 Å². The van der Waals surface area contributed by atoms with Crippen molar-refractivity contribution in [1.82, 2.24) is 0 Å². The monoisotopic (exact) mass is 194 g/mol. The summed E-state index contributed by atoms with van der Waals surface area (Å²) in [4.78, 5) is 11.4. The summed E-state index contributed by atoms with van der Waals surface area (Å²) in [5.41, 5.74) is 11.3. The van der Waals surface area contributed by atoms with Crippen LogP contribution < -0.4 is 16.4 Å². The quantitative estimate of drug-likeness (QED) is 0.298. The molecular formula is C8H10N4O2. The molecule has 0 bridgehead atoms. The minimum Gasteiger partial charge on any atom is -0.464 e. The molecule has 6 nitrogen and oxygen atoms in total. The van der Waals surface area contributed by atoms with Crippen LogP contribution >= 0.6 is 0 Å². The van der Waals surface area contributed by atoms with Crippen LogP contribution in [0.1, 0.15) is 0 Å². The molecule has 0 aliphatic rings. The maximum absolute atomic E-state index is 10.7. The number of benzene rings is 1. The van der Waals surface area contributed by atoms with Crippen LogP contribution in [-0.2, 0) is 0 Å². The van der Waals surface area contributed by atoms with Gasteiger partial charge in [-0.1, -0.05) is 0 Å². The zero-order valence-corrected chi connectivity index (χ0v) is 7.27. The van der Waals surface area contributed by atoms with E-state index in [1.54, 1.807) is 0 Å². The second-order valence-electron chi connectivity index (χ2n) is 2.59. The molecule has 1 rings (SSSR count). The van der Waals surface area contributed by atoms with Crippen molar-refractivity contribution in [1.29, 1.82) is 5.41 Å². The molecular weight excluding hydrogens is 184 g/mol. The number of anilines is 2. The van der Waals surface area contributed by atoms with E-state index >= 15 is 0 Å². The number of rotatable bonds is 1. The van der Waals surface area contributed by atoms with Gasteiger partial charge in [-0.25, -0.2) is 9.69 Å². The van der Waals surface area contributed by atoms with E-state index in [2.05, 4.69) is 0 Å². The van der Waals surface area contributed by atoms with Gasteiger partial charge in [0.15, 0.2) is 0 Å². The SMILES string of the molecule is N=C(N)N(C(=O)O)c1ccc(N)cc1. The van der Waals surface area contributed by atoms with Crippen LogP contribution in [-0.4, -0.2) is 17.2 Å². The van der Waals surface area contributed by atoms with Gasteiger partial charge in [-0.2, -0.15) is 0 Å². The van der Waals surface area contributed by atoms with Gasteiger partial charge in [0.05, 0.1) is 5.69 Å². The third-order valence-corrected chi connectivity index (χ3v) is 1.58. The molecule has 0 unspecified atom stereocenters. The number of nitrogens with two attached hydrogens (primary N) is 2. The predicted molar refractivity (Wildman–Crippen MR) is 53.3 cm³/mol. The number of guanidine groups is 1. The van der Waals surface area contributed by atoms with Crippen molar-refractivity contribution in [3.63, 3.8) is 0 Å². The number of hydrogen-bond donors (Lipinski definition) is 4. The van der Waals surface area contributed by atoms with E-state index in [0.717, 1.165) is 0 Å². The first-order chi connectivity index (χ1) is 6.52. The van der Waals surface area contributed by atoms with Gasteiger partial charge < -0.3 is 16.6 Å². The number of nitrogens with one attached hydrogen (secondary N) is 1. The van der Waals surface area contributed by atoms with Gasteiger partial charge in [0.1, 0.15) is 0 Å². The molecule has 0 saturated heterocycles. The van der Waals surface area contributed by atoms with Crippen molar-refractivity contribution >= 4 is 23.4 Å². The number of amides is 1. The Kier molecular flexibility index (Phi) is 2.57. The molecule has 0 aliphatic carbocycles. The van der Waals surface area contributed by atoms with Crippen LogP contribution in [0, 0.1) is 5.41 Å². The van der Waals surface area contributed by atoms with Crippen LogP contribution in [0.5, 0.6) is 0 Å². The first-order valence-corrected chi connectivity index (χ1v) is 3.75. The van der Waals surface area contributed by atoms with E-state index in [1.807, 2.05) is 0 Å². The number of hydrogen-bond acceptors (Lipinski definition) is 3. The highest BCUT2D eigenvalue weighted by Crippen LogP contribution is 2.15. The minimum absolute atomic E-state index is 0.291. The zero-order valence-electron chi connectivity index (χ0n) is 7.27. The molecule has 0 aromatic heterocycles. The lowest BCUT2D eigenvalue weighted by atomic mass is 10.3. The molecule has 6 N–H and O–H groups in total. The molecule has 0 atom stereocenters. The van der Waals surface area contributed by atoms with Gasteiger partial charge in [-0.05, 0) is 24.3 Å². The fourth-order valence-corrected chi connectivity index (χ4v) is 0.976. The molecule has 74 valence electrons. The number of carboxylic acid groups (broad SMARTS) is 1. The lowest BCUT2D eigenvalue weighted by molar-refractivity contribution is 0.205. The average molecular weight is 194 g/mol. The third kappa shape index (κ3) is 1.92. The van der Waals surface area contributed by atoms with Crippen LogP contribution in [0.25, 0.3) is 0 Å². The van der Waals surface area contributed by atoms with E-state index < -0.39 is 12.1 Å². The summed E-state index contributed by atoms with van der Waals surface area (Å²) in [6, 6.07) is 6.03. The summed E-state index contributed by atoms with van der Waals surface area (Å²) >= 11 is 0. The number of nitrogen functional groups attached to an aromatic ring is 1. The molecule has 14 heavy (non-hydrogen) atoms. The van der Waals surface area contributed by atoms with Gasteiger partial charge in [0.2, 0.25) is 5.96 Å². The summed E-state index contributed by atoms with van der Waals surface area (Å²) in [7, 11) is 0. The Morgan fingerprint density at radius 2 is 1.86 bits per heavy atom. The molecule has 1 aromatic rings. The summed E-state index contributed by atoms with van der Waals surface area (Å²) < 4.78 is 0. The van der Waals surface area contributed by atoms with E-state index in [9.17, 15) is 4.79 Å². The predicted octanol–water partition coefficient (Wildman–Crippen LogP) is 0.647. The van der Waals surface area contributed by atoms with Gasteiger partial charge in [-0.15, -0.1) is 0 Å². The van der Waals surface area contributed by atoms with Gasteiger partial charge in [0, 0.05) is 5.69 Å². The second-order valence-corrected chi connectivity index (χ2v) is 2.59. The maximum atomic E-state index is 10.7.